The third-order valence-corrected chi connectivity index (χ3v) is 4.48. The van der Waals surface area contributed by atoms with Gasteiger partial charge in [-0.15, -0.1) is 12.4 Å². The topological polar surface area (TPSA) is 42.1 Å². The molecule has 2 N–H and O–H groups in total. The maximum Gasteiger partial charge on any atom is 0.0705 e. The minimum absolute atomic E-state index is 0. The Balaban J connectivity index is 0.00000176. The van der Waals surface area contributed by atoms with Crippen molar-refractivity contribution in [2.75, 3.05) is 19.6 Å². The average molecular weight is 320 g/mol. The van der Waals surface area contributed by atoms with Crippen molar-refractivity contribution < 1.29 is 0 Å². The molecule has 1 aliphatic rings. The Bertz CT molecular complexity index is 612. The van der Waals surface area contributed by atoms with Crippen LogP contribution in [0.5, 0.6) is 0 Å². The van der Waals surface area contributed by atoms with Gasteiger partial charge >= 0.3 is 0 Å². The second-order valence-electron chi connectivity index (χ2n) is 6.30. The lowest BCUT2D eigenvalue weighted by atomic mass is 9.94. The first kappa shape index (κ1) is 17.2. The Labute approximate surface area is 139 Å². The first-order valence-corrected chi connectivity index (χ1v) is 8.03. The highest BCUT2D eigenvalue weighted by molar-refractivity contribution is 5.85. The van der Waals surface area contributed by atoms with Gasteiger partial charge in [-0.3, -0.25) is 9.88 Å². The summed E-state index contributed by atoms with van der Waals surface area (Å²) in [5, 5.41) is 1.24. The highest BCUT2D eigenvalue weighted by atomic mass is 35.5. The predicted molar refractivity (Wildman–Crippen MR) is 95.4 cm³/mol. The van der Waals surface area contributed by atoms with E-state index in [0.29, 0.717) is 0 Å². The van der Waals surface area contributed by atoms with Gasteiger partial charge < -0.3 is 5.73 Å². The smallest absolute Gasteiger partial charge is 0.0705 e. The second kappa shape index (κ2) is 7.91. The van der Waals surface area contributed by atoms with Gasteiger partial charge in [0.15, 0.2) is 0 Å². The molecule has 0 spiro atoms. The molecule has 22 heavy (non-hydrogen) atoms. The molecule has 1 unspecified atom stereocenters. The van der Waals surface area contributed by atoms with E-state index in [0.717, 1.165) is 36.6 Å². The number of likely N-dealkylation sites (tertiary alicyclic amines) is 1. The summed E-state index contributed by atoms with van der Waals surface area (Å²) >= 11 is 0. The minimum atomic E-state index is 0. The van der Waals surface area contributed by atoms with Crippen molar-refractivity contribution in [3.8, 4) is 0 Å². The Morgan fingerprint density at radius 1 is 1.27 bits per heavy atom. The van der Waals surface area contributed by atoms with Crippen LogP contribution >= 0.6 is 12.4 Å². The molecule has 120 valence electrons. The number of piperidine rings is 1. The number of aromatic nitrogens is 1. The van der Waals surface area contributed by atoms with Crippen molar-refractivity contribution in [1.29, 1.82) is 0 Å². The first-order chi connectivity index (χ1) is 10.2. The van der Waals surface area contributed by atoms with Crippen molar-refractivity contribution in [2.45, 2.75) is 32.7 Å². The quantitative estimate of drug-likeness (QED) is 0.937. The largest absolute Gasteiger partial charge is 0.330 e. The highest BCUT2D eigenvalue weighted by Gasteiger charge is 2.19. The van der Waals surface area contributed by atoms with E-state index in [-0.39, 0.29) is 12.4 Å². The summed E-state index contributed by atoms with van der Waals surface area (Å²) in [6.45, 7) is 6.32. The molecule has 1 aliphatic heterocycles. The summed E-state index contributed by atoms with van der Waals surface area (Å²) in [6, 6.07) is 10.9. The van der Waals surface area contributed by atoms with Gasteiger partial charge in [-0.25, -0.2) is 0 Å². The number of nitrogens with zero attached hydrogens (tertiary/aromatic N) is 2. The second-order valence-corrected chi connectivity index (χ2v) is 6.30. The number of rotatable bonds is 4. The number of pyridine rings is 1. The summed E-state index contributed by atoms with van der Waals surface area (Å²) < 4.78 is 0. The summed E-state index contributed by atoms with van der Waals surface area (Å²) in [5.74, 6) is 0.786. The molecule has 0 amide bonds. The number of hydrogen-bond acceptors (Lipinski definition) is 3. The van der Waals surface area contributed by atoms with Gasteiger partial charge in [0, 0.05) is 24.2 Å². The fourth-order valence-electron chi connectivity index (χ4n) is 3.40. The molecule has 2 heterocycles. The van der Waals surface area contributed by atoms with E-state index in [4.69, 9.17) is 5.73 Å². The predicted octanol–water partition coefficient (Wildman–Crippen LogP) is 3.53. The monoisotopic (exact) mass is 319 g/mol. The molecular weight excluding hydrogens is 294 g/mol. The van der Waals surface area contributed by atoms with E-state index in [1.54, 1.807) is 0 Å². The number of fused-ring (bicyclic) bond motifs is 1. The zero-order valence-corrected chi connectivity index (χ0v) is 14.1. The molecule has 1 atom stereocenters. The van der Waals surface area contributed by atoms with Crippen molar-refractivity contribution in [2.24, 2.45) is 11.7 Å². The zero-order valence-electron chi connectivity index (χ0n) is 13.3. The van der Waals surface area contributed by atoms with E-state index in [1.165, 1.54) is 36.9 Å². The van der Waals surface area contributed by atoms with Crippen LogP contribution in [0.4, 0.5) is 0 Å². The SMILES string of the molecule is Cc1ccc2cc(CN3CCCC(CCN)C3)ccc2n1.Cl. The average Bonchev–Trinajstić information content (AvgIpc) is 2.48. The fourth-order valence-corrected chi connectivity index (χ4v) is 3.40. The number of hydrogen-bond donors (Lipinski definition) is 1. The van der Waals surface area contributed by atoms with Crippen molar-refractivity contribution >= 4 is 23.3 Å². The van der Waals surface area contributed by atoms with Crippen molar-refractivity contribution in [3.05, 3.63) is 41.6 Å². The third-order valence-electron chi connectivity index (χ3n) is 4.48. The van der Waals surface area contributed by atoms with Gasteiger partial charge in [0.25, 0.3) is 0 Å². The molecule has 3 nitrogen and oxygen atoms in total. The normalized spacial score (nSPS) is 19.1. The summed E-state index contributed by atoms with van der Waals surface area (Å²) in [4.78, 5) is 7.15. The lowest BCUT2D eigenvalue weighted by Crippen LogP contribution is -2.35. The molecule has 1 fully saturated rings. The molecule has 1 aromatic heterocycles. The molecule has 0 aliphatic carbocycles. The Morgan fingerprint density at radius 2 is 2.14 bits per heavy atom. The molecule has 0 radical (unpaired) electrons. The van der Waals surface area contributed by atoms with Crippen LogP contribution < -0.4 is 5.73 Å². The van der Waals surface area contributed by atoms with Gasteiger partial charge in [0.2, 0.25) is 0 Å². The zero-order chi connectivity index (χ0) is 14.7. The molecule has 1 aromatic carbocycles. The Morgan fingerprint density at radius 3 is 2.95 bits per heavy atom. The summed E-state index contributed by atoms with van der Waals surface area (Å²) in [7, 11) is 0. The molecule has 1 saturated heterocycles. The van der Waals surface area contributed by atoms with Gasteiger partial charge in [0.1, 0.15) is 0 Å². The number of nitrogens with two attached hydrogens (primary N) is 1. The van der Waals surface area contributed by atoms with Gasteiger partial charge in [-0.2, -0.15) is 0 Å². The Kier molecular flexibility index (Phi) is 6.18. The third kappa shape index (κ3) is 4.19. The van der Waals surface area contributed by atoms with Crippen molar-refractivity contribution in [3.63, 3.8) is 0 Å². The summed E-state index contributed by atoms with van der Waals surface area (Å²) in [5.41, 5.74) is 9.27. The van der Waals surface area contributed by atoms with E-state index in [1.807, 2.05) is 6.92 Å². The summed E-state index contributed by atoms with van der Waals surface area (Å²) in [6.07, 6.45) is 3.81. The maximum absolute atomic E-state index is 5.71. The molecular formula is C18H26ClN3. The standard InChI is InChI=1S/C18H25N3.ClH/c1-14-4-6-17-11-16(5-7-18(17)20-14)13-21-10-2-3-15(12-21)8-9-19;/h4-7,11,15H,2-3,8-10,12-13,19H2,1H3;1H. The van der Waals surface area contributed by atoms with Crippen LogP contribution in [0, 0.1) is 12.8 Å². The van der Waals surface area contributed by atoms with Crippen LogP contribution in [-0.4, -0.2) is 29.5 Å². The molecule has 0 bridgehead atoms. The van der Waals surface area contributed by atoms with E-state index in [9.17, 15) is 0 Å². The van der Waals surface area contributed by atoms with Crippen LogP contribution in [0.1, 0.15) is 30.5 Å². The fraction of sp³-hybridized carbons (Fsp3) is 0.500. The first-order valence-electron chi connectivity index (χ1n) is 8.03. The lowest BCUT2D eigenvalue weighted by molar-refractivity contribution is 0.163. The van der Waals surface area contributed by atoms with Crippen LogP contribution in [0.2, 0.25) is 0 Å². The number of benzene rings is 1. The molecule has 0 saturated carbocycles. The van der Waals surface area contributed by atoms with Crippen LogP contribution in [-0.2, 0) is 6.54 Å². The Hall–Kier alpha value is -1.16. The number of aryl methyl sites for hydroxylation is 1. The van der Waals surface area contributed by atoms with Gasteiger partial charge in [-0.1, -0.05) is 12.1 Å². The van der Waals surface area contributed by atoms with Crippen LogP contribution in [0.3, 0.4) is 0 Å². The van der Waals surface area contributed by atoms with Gasteiger partial charge in [0.05, 0.1) is 5.52 Å². The maximum atomic E-state index is 5.71. The van der Waals surface area contributed by atoms with E-state index < -0.39 is 0 Å². The molecule has 4 heteroatoms. The highest BCUT2D eigenvalue weighted by Crippen LogP contribution is 2.22. The van der Waals surface area contributed by atoms with E-state index >= 15 is 0 Å². The van der Waals surface area contributed by atoms with Crippen LogP contribution in [0.15, 0.2) is 30.3 Å². The molecule has 3 rings (SSSR count). The number of halogens is 1. The van der Waals surface area contributed by atoms with E-state index in [2.05, 4.69) is 40.2 Å². The van der Waals surface area contributed by atoms with Gasteiger partial charge in [-0.05, 0) is 69.0 Å². The minimum Gasteiger partial charge on any atom is -0.330 e. The van der Waals surface area contributed by atoms with Crippen molar-refractivity contribution in [1.82, 2.24) is 9.88 Å². The lowest BCUT2D eigenvalue weighted by Gasteiger charge is -2.32. The molecule has 2 aromatic rings. The van der Waals surface area contributed by atoms with Crippen LogP contribution in [0.25, 0.3) is 10.9 Å².